The molecular formula is C28H24N2O2S. The van der Waals surface area contributed by atoms with Crippen LogP contribution in [0.15, 0.2) is 91.1 Å². The van der Waals surface area contributed by atoms with Crippen molar-refractivity contribution in [2.45, 2.75) is 26.2 Å². The van der Waals surface area contributed by atoms with Gasteiger partial charge in [-0.2, -0.15) is 0 Å². The number of nitrogens with zero attached hydrogens (tertiary/aromatic N) is 2. The molecule has 4 rings (SSSR count). The first-order chi connectivity index (χ1) is 16.1. The summed E-state index contributed by atoms with van der Waals surface area (Å²) in [5.41, 5.74) is 5.87. The van der Waals surface area contributed by atoms with Crippen LogP contribution in [0.2, 0.25) is 0 Å². The van der Waals surface area contributed by atoms with Crippen LogP contribution in [0.1, 0.15) is 29.4 Å². The van der Waals surface area contributed by atoms with Crippen molar-refractivity contribution in [2.24, 2.45) is 0 Å². The molecule has 1 aromatic heterocycles. The summed E-state index contributed by atoms with van der Waals surface area (Å²) in [6.07, 6.45) is 3.80. The minimum absolute atomic E-state index is 0.344. The first-order valence-corrected chi connectivity index (χ1v) is 11.2. The van der Waals surface area contributed by atoms with E-state index in [1.165, 1.54) is 18.1 Å². The highest BCUT2D eigenvalue weighted by Gasteiger charge is 2.13. The van der Waals surface area contributed by atoms with Gasteiger partial charge >= 0.3 is 5.97 Å². The molecule has 0 aliphatic rings. The summed E-state index contributed by atoms with van der Waals surface area (Å²) in [5, 5.41) is 0. The molecule has 0 bridgehead atoms. The Kier molecular flexibility index (Phi) is 7.33. The average Bonchev–Trinajstić information content (AvgIpc) is 2.82. The third kappa shape index (κ3) is 6.40. The van der Waals surface area contributed by atoms with E-state index in [9.17, 15) is 4.79 Å². The first-order valence-electron chi connectivity index (χ1n) is 10.8. The molecule has 0 fully saturated rings. The van der Waals surface area contributed by atoms with Gasteiger partial charge in [-0.1, -0.05) is 72.9 Å². The van der Waals surface area contributed by atoms with Crippen LogP contribution in [0, 0.1) is 0 Å². The molecule has 0 atom stereocenters. The number of aromatic nitrogens is 2. The van der Waals surface area contributed by atoms with Crippen molar-refractivity contribution < 1.29 is 9.53 Å². The van der Waals surface area contributed by atoms with E-state index in [-0.39, 0.29) is 5.97 Å². The molecule has 0 N–H and O–H groups in total. The molecular weight excluding hydrogens is 428 g/mol. The van der Waals surface area contributed by atoms with Crippen molar-refractivity contribution in [2.75, 3.05) is 0 Å². The summed E-state index contributed by atoms with van der Waals surface area (Å²) in [5.74, 6) is 0.162. The number of benzene rings is 3. The fourth-order valence-electron chi connectivity index (χ4n) is 3.60. The Labute approximate surface area is 199 Å². The Morgan fingerprint density at radius 1 is 0.818 bits per heavy atom. The molecule has 4 aromatic rings. The van der Waals surface area contributed by atoms with Gasteiger partial charge in [0.05, 0.1) is 23.3 Å². The lowest BCUT2D eigenvalue weighted by Gasteiger charge is -2.12. The summed E-state index contributed by atoms with van der Waals surface area (Å²) in [6, 6.07) is 27.8. The summed E-state index contributed by atoms with van der Waals surface area (Å²) < 4.78 is 5.13. The number of carbonyl (C=O) groups is 1. The van der Waals surface area contributed by atoms with E-state index >= 15 is 0 Å². The van der Waals surface area contributed by atoms with Gasteiger partial charge in [-0.05, 0) is 35.4 Å². The van der Waals surface area contributed by atoms with Gasteiger partial charge < -0.3 is 4.74 Å². The molecule has 0 aliphatic heterocycles. The second-order valence-electron chi connectivity index (χ2n) is 7.81. The van der Waals surface area contributed by atoms with E-state index in [1.54, 1.807) is 18.3 Å². The molecule has 0 amide bonds. The standard InChI is InChI=1S/C28H24N2O2S/c1-20(31)32-24-14-12-23(13-15-24)28-19-29-26(18-25(33)16-21-8-4-2-5-9-21)27(30-28)17-22-10-6-3-7-11-22/h2-15,19H,16-18H2,1H3. The maximum Gasteiger partial charge on any atom is 0.308 e. The van der Waals surface area contributed by atoms with E-state index < -0.39 is 0 Å². The predicted molar refractivity (Wildman–Crippen MR) is 134 cm³/mol. The van der Waals surface area contributed by atoms with Crippen molar-refractivity contribution >= 4 is 23.1 Å². The molecule has 0 aliphatic carbocycles. The Hall–Kier alpha value is -3.70. The number of ether oxygens (including phenoxy) is 1. The Bertz CT molecular complexity index is 1240. The largest absolute Gasteiger partial charge is 0.427 e. The summed E-state index contributed by atoms with van der Waals surface area (Å²) in [6.45, 7) is 1.39. The van der Waals surface area contributed by atoms with Crippen LogP contribution in [0.4, 0.5) is 0 Å². The normalized spacial score (nSPS) is 10.6. The molecule has 3 aromatic carbocycles. The maximum atomic E-state index is 11.2. The van der Waals surface area contributed by atoms with Crippen molar-refractivity contribution in [3.63, 3.8) is 0 Å². The van der Waals surface area contributed by atoms with E-state index in [1.807, 2.05) is 48.5 Å². The minimum atomic E-state index is -0.344. The number of thiocarbonyl (C=S) groups is 1. The van der Waals surface area contributed by atoms with Gasteiger partial charge in [-0.25, -0.2) is 4.98 Å². The number of hydrogen-bond donors (Lipinski definition) is 0. The summed E-state index contributed by atoms with van der Waals surface area (Å²) in [7, 11) is 0. The lowest BCUT2D eigenvalue weighted by molar-refractivity contribution is -0.131. The monoisotopic (exact) mass is 452 g/mol. The number of esters is 1. The highest BCUT2D eigenvalue weighted by molar-refractivity contribution is 7.80. The molecule has 0 unspecified atom stereocenters. The van der Waals surface area contributed by atoms with Crippen LogP contribution in [-0.2, 0) is 24.1 Å². The summed E-state index contributed by atoms with van der Waals surface area (Å²) in [4.78, 5) is 21.8. The van der Waals surface area contributed by atoms with Crippen LogP contribution in [0.5, 0.6) is 5.75 Å². The van der Waals surface area contributed by atoms with Gasteiger partial charge in [-0.15, -0.1) is 0 Å². The van der Waals surface area contributed by atoms with Crippen molar-refractivity contribution in [1.82, 2.24) is 9.97 Å². The third-order valence-corrected chi connectivity index (χ3v) is 5.45. The lowest BCUT2D eigenvalue weighted by atomic mass is 10.0. The van der Waals surface area contributed by atoms with Crippen LogP contribution in [0.25, 0.3) is 11.3 Å². The number of rotatable bonds is 8. The number of carbonyl (C=O) groups excluding carboxylic acids is 1. The third-order valence-electron chi connectivity index (χ3n) is 5.17. The highest BCUT2D eigenvalue weighted by Crippen LogP contribution is 2.23. The second kappa shape index (κ2) is 10.7. The first kappa shape index (κ1) is 22.5. The predicted octanol–water partition coefficient (Wildman–Crippen LogP) is 5.81. The zero-order valence-corrected chi connectivity index (χ0v) is 19.2. The maximum absolute atomic E-state index is 11.2. The second-order valence-corrected chi connectivity index (χ2v) is 8.38. The average molecular weight is 453 g/mol. The van der Waals surface area contributed by atoms with Gasteiger partial charge in [-0.3, -0.25) is 9.78 Å². The molecule has 0 saturated carbocycles. The Balaban J connectivity index is 1.60. The van der Waals surface area contributed by atoms with Crippen molar-refractivity contribution in [3.8, 4) is 17.0 Å². The van der Waals surface area contributed by atoms with Gasteiger partial charge in [0.15, 0.2) is 0 Å². The molecule has 33 heavy (non-hydrogen) atoms. The SMILES string of the molecule is CC(=O)Oc1ccc(-c2cnc(CC(=S)Cc3ccccc3)c(Cc3ccccc3)n2)cc1. The molecule has 5 heteroatoms. The topological polar surface area (TPSA) is 52.1 Å². The molecule has 4 nitrogen and oxygen atoms in total. The molecule has 0 saturated heterocycles. The van der Waals surface area contributed by atoms with E-state index in [4.69, 9.17) is 26.9 Å². The van der Waals surface area contributed by atoms with Crippen LogP contribution in [0.3, 0.4) is 0 Å². The smallest absolute Gasteiger partial charge is 0.308 e. The van der Waals surface area contributed by atoms with Crippen molar-refractivity contribution in [3.05, 3.63) is 114 Å². The van der Waals surface area contributed by atoms with Crippen LogP contribution in [-0.4, -0.2) is 20.8 Å². The van der Waals surface area contributed by atoms with Gasteiger partial charge in [0.1, 0.15) is 5.75 Å². The number of hydrogen-bond acceptors (Lipinski definition) is 5. The van der Waals surface area contributed by atoms with Gasteiger partial charge in [0.2, 0.25) is 0 Å². The zero-order chi connectivity index (χ0) is 23.0. The van der Waals surface area contributed by atoms with E-state index in [2.05, 4.69) is 24.3 Å². The zero-order valence-electron chi connectivity index (χ0n) is 18.4. The highest BCUT2D eigenvalue weighted by atomic mass is 32.1. The quantitative estimate of drug-likeness (QED) is 0.192. The van der Waals surface area contributed by atoms with Crippen LogP contribution >= 0.6 is 12.2 Å². The lowest BCUT2D eigenvalue weighted by Crippen LogP contribution is -2.11. The minimum Gasteiger partial charge on any atom is -0.427 e. The van der Waals surface area contributed by atoms with Gasteiger partial charge in [0.25, 0.3) is 0 Å². The van der Waals surface area contributed by atoms with Gasteiger partial charge in [0, 0.05) is 36.6 Å². The molecule has 0 radical (unpaired) electrons. The molecule has 1 heterocycles. The van der Waals surface area contributed by atoms with E-state index in [0.29, 0.717) is 18.6 Å². The Morgan fingerprint density at radius 2 is 1.45 bits per heavy atom. The molecule has 0 spiro atoms. The fraction of sp³-hybridized carbons (Fsp3) is 0.143. The molecule has 164 valence electrons. The summed E-state index contributed by atoms with van der Waals surface area (Å²) >= 11 is 5.71. The van der Waals surface area contributed by atoms with Crippen molar-refractivity contribution in [1.29, 1.82) is 0 Å². The van der Waals surface area contributed by atoms with E-state index in [0.717, 1.165) is 33.9 Å². The van der Waals surface area contributed by atoms with Crippen LogP contribution < -0.4 is 4.74 Å². The Morgan fingerprint density at radius 3 is 2.09 bits per heavy atom. The fourth-order valence-corrected chi connectivity index (χ4v) is 3.91.